The Labute approximate surface area is 73.9 Å². The fraction of sp³-hybridized carbons (Fsp3) is 0.111. The van der Waals surface area contributed by atoms with Gasteiger partial charge in [0, 0.05) is 0 Å². The van der Waals surface area contributed by atoms with Gasteiger partial charge < -0.3 is 0 Å². The van der Waals surface area contributed by atoms with Crippen molar-refractivity contribution in [2.75, 3.05) is 0 Å². The zero-order valence-electron chi connectivity index (χ0n) is 6.87. The minimum absolute atomic E-state index is 0.0727. The SMILES string of the molecule is CC(=O)c1cc(N=C=O)ccc1F. The van der Waals surface area contributed by atoms with Crippen LogP contribution in [0.1, 0.15) is 17.3 Å². The summed E-state index contributed by atoms with van der Waals surface area (Å²) in [4.78, 5) is 24.0. The van der Waals surface area contributed by atoms with Crippen molar-refractivity contribution in [2.24, 2.45) is 4.99 Å². The van der Waals surface area contributed by atoms with Crippen LogP contribution in [0.15, 0.2) is 23.2 Å². The van der Waals surface area contributed by atoms with Crippen molar-refractivity contribution in [3.05, 3.63) is 29.6 Å². The van der Waals surface area contributed by atoms with Crippen LogP contribution in [0.5, 0.6) is 0 Å². The van der Waals surface area contributed by atoms with Crippen molar-refractivity contribution < 1.29 is 14.0 Å². The van der Waals surface area contributed by atoms with E-state index in [-0.39, 0.29) is 11.3 Å². The summed E-state index contributed by atoms with van der Waals surface area (Å²) in [6.07, 6.45) is 1.31. The predicted octanol–water partition coefficient (Wildman–Crippen LogP) is 2.00. The van der Waals surface area contributed by atoms with Crippen molar-refractivity contribution in [3.8, 4) is 0 Å². The average molecular weight is 179 g/mol. The summed E-state index contributed by atoms with van der Waals surface area (Å²) in [6, 6.07) is 3.60. The molecule has 0 amide bonds. The van der Waals surface area contributed by atoms with Crippen molar-refractivity contribution in [2.45, 2.75) is 6.92 Å². The Morgan fingerprint density at radius 3 is 2.77 bits per heavy atom. The number of ketones is 1. The second-order valence-corrected chi connectivity index (χ2v) is 2.42. The van der Waals surface area contributed by atoms with Crippen LogP contribution >= 0.6 is 0 Å². The molecule has 1 aromatic carbocycles. The number of carbonyl (C=O) groups is 1. The molecule has 3 nitrogen and oxygen atoms in total. The van der Waals surface area contributed by atoms with Gasteiger partial charge in [0.2, 0.25) is 6.08 Å². The van der Waals surface area contributed by atoms with Crippen molar-refractivity contribution in [1.82, 2.24) is 0 Å². The van der Waals surface area contributed by atoms with Gasteiger partial charge in [-0.15, -0.1) is 0 Å². The first kappa shape index (κ1) is 9.29. The molecule has 0 unspecified atom stereocenters. The molecule has 4 heteroatoms. The Hall–Kier alpha value is -1.80. The minimum Gasteiger partial charge on any atom is -0.294 e. The quantitative estimate of drug-likeness (QED) is 0.396. The van der Waals surface area contributed by atoms with E-state index in [1.807, 2.05) is 0 Å². The first-order valence-electron chi connectivity index (χ1n) is 3.53. The van der Waals surface area contributed by atoms with Crippen LogP contribution in [0.2, 0.25) is 0 Å². The summed E-state index contributed by atoms with van der Waals surface area (Å²) in [5, 5.41) is 0. The Bertz CT molecular complexity index is 395. The number of rotatable bonds is 2. The zero-order valence-corrected chi connectivity index (χ0v) is 6.87. The summed E-state index contributed by atoms with van der Waals surface area (Å²) in [7, 11) is 0. The molecule has 0 aliphatic heterocycles. The number of halogens is 1. The summed E-state index contributed by atoms with van der Waals surface area (Å²) in [5.74, 6) is -1.02. The molecule has 0 bridgehead atoms. The third-order valence-electron chi connectivity index (χ3n) is 1.50. The maximum atomic E-state index is 12.9. The normalized spacial score (nSPS) is 9.08. The number of nitrogens with zero attached hydrogens (tertiary/aromatic N) is 1. The average Bonchev–Trinajstić information content (AvgIpc) is 2.08. The van der Waals surface area contributed by atoms with Crippen molar-refractivity contribution >= 4 is 17.6 Å². The van der Waals surface area contributed by atoms with Gasteiger partial charge in [0.05, 0.1) is 11.3 Å². The van der Waals surface area contributed by atoms with E-state index in [2.05, 4.69) is 4.99 Å². The number of hydrogen-bond donors (Lipinski definition) is 0. The van der Waals surface area contributed by atoms with Gasteiger partial charge in [0.25, 0.3) is 0 Å². The highest BCUT2D eigenvalue weighted by Crippen LogP contribution is 2.17. The molecule has 1 rings (SSSR count). The van der Waals surface area contributed by atoms with Gasteiger partial charge in [0.15, 0.2) is 5.78 Å². The second-order valence-electron chi connectivity index (χ2n) is 2.42. The van der Waals surface area contributed by atoms with Crippen LogP contribution in [0.4, 0.5) is 10.1 Å². The van der Waals surface area contributed by atoms with Gasteiger partial charge in [-0.3, -0.25) is 4.79 Å². The van der Waals surface area contributed by atoms with Crippen LogP contribution in [0, 0.1) is 5.82 Å². The number of carbonyl (C=O) groups excluding carboxylic acids is 2. The lowest BCUT2D eigenvalue weighted by Gasteiger charge is -1.97. The van der Waals surface area contributed by atoms with E-state index < -0.39 is 11.6 Å². The molecular weight excluding hydrogens is 173 g/mol. The van der Waals surface area contributed by atoms with Gasteiger partial charge in [-0.05, 0) is 25.1 Å². The number of aliphatic imine (C=N–C) groups is 1. The Kier molecular flexibility index (Phi) is 2.67. The third-order valence-corrected chi connectivity index (χ3v) is 1.50. The molecule has 0 aromatic heterocycles. The maximum absolute atomic E-state index is 12.9. The number of Topliss-reactive ketones (excluding diaryl/α,β-unsaturated/α-hetero) is 1. The van der Waals surface area contributed by atoms with E-state index in [9.17, 15) is 14.0 Å². The van der Waals surface area contributed by atoms with Crippen LogP contribution < -0.4 is 0 Å². The first-order chi connectivity index (χ1) is 6.15. The van der Waals surface area contributed by atoms with E-state index in [1.165, 1.54) is 25.1 Å². The summed E-state index contributed by atoms with van der Waals surface area (Å²) in [5.41, 5.74) is 0.151. The van der Waals surface area contributed by atoms with Gasteiger partial charge in [-0.25, -0.2) is 9.18 Å². The topological polar surface area (TPSA) is 46.5 Å². The molecule has 13 heavy (non-hydrogen) atoms. The zero-order chi connectivity index (χ0) is 9.84. The largest absolute Gasteiger partial charge is 0.294 e. The molecule has 66 valence electrons. The highest BCUT2D eigenvalue weighted by molar-refractivity contribution is 5.95. The van der Waals surface area contributed by atoms with E-state index in [0.717, 1.165) is 6.07 Å². The molecule has 0 saturated heterocycles. The molecule has 0 radical (unpaired) electrons. The molecular formula is C9H6FNO2. The third kappa shape index (κ3) is 2.07. The number of isocyanates is 1. The maximum Gasteiger partial charge on any atom is 0.240 e. The van der Waals surface area contributed by atoms with Crippen LogP contribution in [0.3, 0.4) is 0 Å². The van der Waals surface area contributed by atoms with Crippen molar-refractivity contribution in [1.29, 1.82) is 0 Å². The van der Waals surface area contributed by atoms with Crippen molar-refractivity contribution in [3.63, 3.8) is 0 Å². The first-order valence-corrected chi connectivity index (χ1v) is 3.53. The predicted molar refractivity (Wildman–Crippen MR) is 44.2 cm³/mol. The van der Waals surface area contributed by atoms with E-state index in [1.54, 1.807) is 0 Å². The van der Waals surface area contributed by atoms with E-state index in [4.69, 9.17) is 0 Å². The molecule has 0 atom stereocenters. The number of benzene rings is 1. The smallest absolute Gasteiger partial charge is 0.240 e. The lowest BCUT2D eigenvalue weighted by Crippen LogP contribution is -1.95. The molecule has 0 aliphatic rings. The number of hydrogen-bond acceptors (Lipinski definition) is 3. The summed E-state index contributed by atoms with van der Waals surface area (Å²) in [6.45, 7) is 1.24. The second kappa shape index (κ2) is 3.74. The highest BCUT2D eigenvalue weighted by Gasteiger charge is 2.07. The summed E-state index contributed by atoms with van der Waals surface area (Å²) < 4.78 is 12.9. The van der Waals surface area contributed by atoms with Gasteiger partial charge in [-0.1, -0.05) is 0 Å². The molecule has 0 aliphatic carbocycles. The van der Waals surface area contributed by atoms with Gasteiger partial charge >= 0.3 is 0 Å². The molecule has 1 aromatic rings. The summed E-state index contributed by atoms with van der Waals surface area (Å²) >= 11 is 0. The molecule has 0 heterocycles. The lowest BCUT2D eigenvalue weighted by molar-refractivity contribution is 0.101. The van der Waals surface area contributed by atoms with Gasteiger partial charge in [-0.2, -0.15) is 4.99 Å². The Morgan fingerprint density at radius 1 is 1.54 bits per heavy atom. The van der Waals surface area contributed by atoms with E-state index >= 15 is 0 Å². The Balaban J connectivity index is 3.26. The fourth-order valence-corrected chi connectivity index (χ4v) is 0.905. The van der Waals surface area contributed by atoms with E-state index in [0.29, 0.717) is 0 Å². The minimum atomic E-state index is -0.614. The molecule has 0 fully saturated rings. The Morgan fingerprint density at radius 2 is 2.23 bits per heavy atom. The lowest BCUT2D eigenvalue weighted by atomic mass is 10.1. The van der Waals surface area contributed by atoms with Crippen LogP contribution in [-0.2, 0) is 4.79 Å². The van der Waals surface area contributed by atoms with Crippen LogP contribution in [-0.4, -0.2) is 11.9 Å². The fourth-order valence-electron chi connectivity index (χ4n) is 0.905. The van der Waals surface area contributed by atoms with Gasteiger partial charge in [0.1, 0.15) is 5.82 Å². The highest BCUT2D eigenvalue weighted by atomic mass is 19.1. The monoisotopic (exact) mass is 179 g/mol. The van der Waals surface area contributed by atoms with Crippen LogP contribution in [0.25, 0.3) is 0 Å². The standard InChI is InChI=1S/C9H6FNO2/c1-6(13)8-4-7(11-5-12)2-3-9(8)10/h2-4H,1H3. The molecule has 0 N–H and O–H groups in total. The molecule has 0 saturated carbocycles. The molecule has 0 spiro atoms.